The van der Waals surface area contributed by atoms with Gasteiger partial charge in [-0.25, -0.2) is 14.4 Å². The molecule has 0 unspecified atom stereocenters. The van der Waals surface area contributed by atoms with Gasteiger partial charge in [0.15, 0.2) is 0 Å². The number of rotatable bonds is 4. The van der Waals surface area contributed by atoms with Gasteiger partial charge in [0, 0.05) is 11.1 Å². The summed E-state index contributed by atoms with van der Waals surface area (Å²) in [4.78, 5) is 22.2. The Hall–Kier alpha value is -2.61. The van der Waals surface area contributed by atoms with Crippen molar-refractivity contribution in [2.24, 2.45) is 0 Å². The maximum atomic E-state index is 13.2. The molecular formula is C20H13ClFN3OS2. The first-order chi connectivity index (χ1) is 13.5. The van der Waals surface area contributed by atoms with Crippen LogP contribution in [-0.4, -0.2) is 15.9 Å². The fourth-order valence-corrected chi connectivity index (χ4v) is 4.64. The van der Waals surface area contributed by atoms with Gasteiger partial charge in [0.25, 0.3) is 5.91 Å². The maximum Gasteiger partial charge on any atom is 0.268 e. The van der Waals surface area contributed by atoms with Crippen molar-refractivity contribution in [3.8, 4) is 21.8 Å². The van der Waals surface area contributed by atoms with E-state index in [-0.39, 0.29) is 11.7 Å². The molecule has 0 atom stereocenters. The van der Waals surface area contributed by atoms with Crippen molar-refractivity contribution in [1.82, 2.24) is 9.97 Å². The van der Waals surface area contributed by atoms with E-state index >= 15 is 0 Å². The second-order valence-electron chi connectivity index (χ2n) is 5.90. The molecule has 2 aromatic carbocycles. The highest BCUT2D eigenvalue weighted by Gasteiger charge is 2.20. The van der Waals surface area contributed by atoms with Crippen LogP contribution in [0.5, 0.6) is 0 Å². The van der Waals surface area contributed by atoms with Gasteiger partial charge in [-0.15, -0.1) is 22.7 Å². The number of hydrogen-bond acceptors (Lipinski definition) is 5. The third kappa shape index (κ3) is 3.69. The Bertz CT molecular complexity index is 1150. The molecule has 140 valence electrons. The molecule has 0 saturated heterocycles. The number of amides is 1. The molecule has 4 rings (SSSR count). The number of halogens is 2. The van der Waals surface area contributed by atoms with Gasteiger partial charge in [-0.2, -0.15) is 0 Å². The summed E-state index contributed by atoms with van der Waals surface area (Å²) in [5.74, 6) is -0.585. The van der Waals surface area contributed by atoms with Crippen LogP contribution < -0.4 is 5.32 Å². The topological polar surface area (TPSA) is 54.9 Å². The van der Waals surface area contributed by atoms with Crippen molar-refractivity contribution >= 4 is 45.2 Å². The van der Waals surface area contributed by atoms with E-state index in [1.165, 1.54) is 34.8 Å². The molecule has 0 aliphatic carbocycles. The van der Waals surface area contributed by atoms with E-state index in [9.17, 15) is 9.18 Å². The van der Waals surface area contributed by atoms with Crippen LogP contribution in [0.25, 0.3) is 21.8 Å². The van der Waals surface area contributed by atoms with Gasteiger partial charge in [-0.05, 0) is 37.3 Å². The molecule has 2 heterocycles. The molecule has 1 amide bonds. The van der Waals surface area contributed by atoms with Gasteiger partial charge in [0.1, 0.15) is 26.4 Å². The lowest BCUT2D eigenvalue weighted by Gasteiger charge is -2.05. The number of hydrogen-bond donors (Lipinski definition) is 1. The number of nitrogens with one attached hydrogen (secondary N) is 1. The quantitative estimate of drug-likeness (QED) is 0.415. The highest BCUT2D eigenvalue weighted by molar-refractivity contribution is 7.17. The Kier molecular flexibility index (Phi) is 5.21. The largest absolute Gasteiger partial charge is 0.311 e. The third-order valence-corrected chi connectivity index (χ3v) is 6.28. The molecule has 4 aromatic rings. The van der Waals surface area contributed by atoms with E-state index in [4.69, 9.17) is 11.6 Å². The molecule has 0 saturated carbocycles. The fourth-order valence-electron chi connectivity index (χ4n) is 2.67. The van der Waals surface area contributed by atoms with Crippen LogP contribution in [0.3, 0.4) is 0 Å². The summed E-state index contributed by atoms with van der Waals surface area (Å²) in [6, 6.07) is 13.4. The number of thiazole rings is 2. The van der Waals surface area contributed by atoms with Crippen molar-refractivity contribution in [3.63, 3.8) is 0 Å². The van der Waals surface area contributed by atoms with Gasteiger partial charge in [0.05, 0.1) is 16.2 Å². The number of aryl methyl sites for hydroxylation is 1. The van der Waals surface area contributed by atoms with Crippen molar-refractivity contribution < 1.29 is 9.18 Å². The molecule has 0 radical (unpaired) electrons. The van der Waals surface area contributed by atoms with Crippen LogP contribution in [0.2, 0.25) is 5.02 Å². The van der Waals surface area contributed by atoms with Crippen LogP contribution in [0.1, 0.15) is 15.4 Å². The summed E-state index contributed by atoms with van der Waals surface area (Å²) < 4.78 is 13.2. The monoisotopic (exact) mass is 429 g/mol. The number of aromatic nitrogens is 2. The second kappa shape index (κ2) is 7.79. The summed E-state index contributed by atoms with van der Waals surface area (Å²) in [6.45, 7) is 1.79. The van der Waals surface area contributed by atoms with Gasteiger partial charge in [-0.3, -0.25) is 4.79 Å². The molecule has 0 bridgehead atoms. The van der Waals surface area contributed by atoms with Crippen LogP contribution in [0.4, 0.5) is 9.39 Å². The minimum Gasteiger partial charge on any atom is -0.311 e. The summed E-state index contributed by atoms with van der Waals surface area (Å²) in [6.07, 6.45) is 0. The zero-order valence-electron chi connectivity index (χ0n) is 14.6. The Morgan fingerprint density at radius 3 is 2.64 bits per heavy atom. The fraction of sp³-hybridized carbons (Fsp3) is 0.0500. The van der Waals surface area contributed by atoms with E-state index in [0.717, 1.165) is 11.1 Å². The molecule has 0 fully saturated rings. The lowest BCUT2D eigenvalue weighted by Crippen LogP contribution is -2.11. The Morgan fingerprint density at radius 2 is 1.89 bits per heavy atom. The molecule has 0 aliphatic heterocycles. The lowest BCUT2D eigenvalue weighted by atomic mass is 10.1. The molecule has 1 N–H and O–H groups in total. The number of nitrogens with zero attached hydrogens (tertiary/aromatic N) is 2. The minimum atomic E-state index is -0.322. The van der Waals surface area contributed by atoms with E-state index in [0.29, 0.717) is 31.3 Å². The minimum absolute atomic E-state index is 0.263. The van der Waals surface area contributed by atoms with Crippen LogP contribution in [0, 0.1) is 12.7 Å². The van der Waals surface area contributed by atoms with E-state index in [1.54, 1.807) is 30.6 Å². The number of carbonyl (C=O) groups is 1. The van der Waals surface area contributed by atoms with Gasteiger partial charge in [-0.1, -0.05) is 29.8 Å². The van der Waals surface area contributed by atoms with Crippen LogP contribution in [-0.2, 0) is 0 Å². The Balaban J connectivity index is 1.61. The SMILES string of the molecule is Cc1nc(-c2ccccc2Cl)sc1C(=O)Nc1scnc1-c1ccc(F)cc1. The molecule has 28 heavy (non-hydrogen) atoms. The maximum absolute atomic E-state index is 13.2. The zero-order valence-corrected chi connectivity index (χ0v) is 17.0. The van der Waals surface area contributed by atoms with E-state index in [1.807, 2.05) is 18.2 Å². The van der Waals surface area contributed by atoms with Gasteiger partial charge >= 0.3 is 0 Å². The average molecular weight is 430 g/mol. The van der Waals surface area contributed by atoms with Gasteiger partial charge < -0.3 is 5.32 Å². The highest BCUT2D eigenvalue weighted by atomic mass is 35.5. The first-order valence-corrected chi connectivity index (χ1v) is 10.3. The van der Waals surface area contributed by atoms with E-state index < -0.39 is 0 Å². The third-order valence-electron chi connectivity index (χ3n) is 4.02. The van der Waals surface area contributed by atoms with Crippen molar-refractivity contribution in [1.29, 1.82) is 0 Å². The van der Waals surface area contributed by atoms with Crippen molar-refractivity contribution in [2.75, 3.05) is 5.32 Å². The highest BCUT2D eigenvalue weighted by Crippen LogP contribution is 2.35. The van der Waals surface area contributed by atoms with Crippen molar-refractivity contribution in [3.05, 3.63) is 75.5 Å². The molecule has 0 aliphatic rings. The predicted molar refractivity (Wildman–Crippen MR) is 113 cm³/mol. The Labute approximate surface area is 173 Å². The molecular weight excluding hydrogens is 417 g/mol. The molecule has 2 aromatic heterocycles. The smallest absolute Gasteiger partial charge is 0.268 e. The summed E-state index contributed by atoms with van der Waals surface area (Å²) >= 11 is 8.84. The van der Waals surface area contributed by atoms with Crippen LogP contribution in [0.15, 0.2) is 54.0 Å². The first kappa shape index (κ1) is 18.7. The summed E-state index contributed by atoms with van der Waals surface area (Å²) in [5.41, 5.74) is 4.40. The van der Waals surface area contributed by atoms with Gasteiger partial charge in [0.2, 0.25) is 0 Å². The normalized spacial score (nSPS) is 10.8. The molecule has 8 heteroatoms. The number of anilines is 1. The molecule has 4 nitrogen and oxygen atoms in total. The van der Waals surface area contributed by atoms with E-state index in [2.05, 4.69) is 15.3 Å². The summed E-state index contributed by atoms with van der Waals surface area (Å²) in [5, 5.41) is 4.78. The molecule has 0 spiro atoms. The van der Waals surface area contributed by atoms with Crippen LogP contribution >= 0.6 is 34.3 Å². The predicted octanol–water partition coefficient (Wildman–Crippen LogP) is 6.29. The lowest BCUT2D eigenvalue weighted by molar-refractivity contribution is 0.103. The Morgan fingerprint density at radius 1 is 1.14 bits per heavy atom. The summed E-state index contributed by atoms with van der Waals surface area (Å²) in [7, 11) is 0. The second-order valence-corrected chi connectivity index (χ2v) is 8.17. The number of carbonyl (C=O) groups excluding carboxylic acids is 1. The number of benzene rings is 2. The zero-order chi connectivity index (χ0) is 19.7. The van der Waals surface area contributed by atoms with Crippen molar-refractivity contribution in [2.45, 2.75) is 6.92 Å². The standard InChI is InChI=1S/C20H13ClFN3OS2/c1-11-17(28-19(24-11)14-4-2-3-5-15(14)21)18(26)25-20-16(23-10-27-20)12-6-8-13(22)9-7-12/h2-10H,1H3,(H,25,26). The average Bonchev–Trinajstić information content (AvgIpc) is 3.29. The first-order valence-electron chi connectivity index (χ1n) is 8.26.